The van der Waals surface area contributed by atoms with Gasteiger partial charge in [-0.05, 0) is 47.9 Å². The van der Waals surface area contributed by atoms with Gasteiger partial charge in [-0.2, -0.15) is 11.3 Å². The van der Waals surface area contributed by atoms with Crippen LogP contribution in [0.5, 0.6) is 0 Å². The maximum Gasteiger partial charge on any atom is 0.254 e. The highest BCUT2D eigenvalue weighted by molar-refractivity contribution is 7.08. The molecule has 1 aromatic heterocycles. The number of likely N-dealkylation sites (tertiary alicyclic amines) is 1. The number of piperidine rings is 1. The van der Waals surface area contributed by atoms with E-state index in [4.69, 9.17) is 0 Å². The number of benzene rings is 2. The van der Waals surface area contributed by atoms with Crippen LogP contribution in [0.25, 0.3) is 0 Å². The van der Waals surface area contributed by atoms with Crippen molar-refractivity contribution < 1.29 is 9.59 Å². The minimum atomic E-state index is -0.0239. The fourth-order valence-electron chi connectivity index (χ4n) is 3.76. The van der Waals surface area contributed by atoms with Crippen LogP contribution in [0.1, 0.15) is 44.7 Å². The fourth-order valence-corrected chi connectivity index (χ4v) is 4.39. The summed E-state index contributed by atoms with van der Waals surface area (Å²) < 4.78 is 0. The Kier molecular flexibility index (Phi) is 6.06. The first kappa shape index (κ1) is 19.4. The van der Waals surface area contributed by atoms with E-state index in [2.05, 4.69) is 17.4 Å². The number of nitrogens with one attached hydrogen (secondary N) is 1. The highest BCUT2D eigenvalue weighted by Gasteiger charge is 2.26. The number of nitrogens with zero attached hydrogens (tertiary/aromatic N) is 1. The molecule has 0 unspecified atom stereocenters. The lowest BCUT2D eigenvalue weighted by Gasteiger charge is -2.32. The molecule has 0 saturated carbocycles. The Balaban J connectivity index is 1.38. The second kappa shape index (κ2) is 9.05. The van der Waals surface area contributed by atoms with E-state index in [0.29, 0.717) is 18.7 Å². The van der Waals surface area contributed by atoms with Crippen LogP contribution in [-0.4, -0.2) is 35.8 Å². The Bertz CT molecular complexity index is 962. The third-order valence-corrected chi connectivity index (χ3v) is 6.07. The first-order chi connectivity index (χ1) is 14.2. The van der Waals surface area contributed by atoms with Crippen molar-refractivity contribution in [1.82, 2.24) is 10.2 Å². The van der Waals surface area contributed by atoms with Gasteiger partial charge in [0.25, 0.3) is 11.8 Å². The molecule has 0 atom stereocenters. The van der Waals surface area contributed by atoms with Gasteiger partial charge in [0.05, 0.1) is 0 Å². The van der Waals surface area contributed by atoms with Crippen LogP contribution >= 0.6 is 11.3 Å². The molecule has 148 valence electrons. The van der Waals surface area contributed by atoms with E-state index in [1.165, 1.54) is 16.9 Å². The molecule has 1 aliphatic rings. The summed E-state index contributed by atoms with van der Waals surface area (Å²) in [7, 11) is 0. The molecule has 2 heterocycles. The van der Waals surface area contributed by atoms with Gasteiger partial charge >= 0.3 is 0 Å². The molecule has 0 radical (unpaired) electrons. The number of carbonyl (C=O) groups is 2. The Labute approximate surface area is 175 Å². The van der Waals surface area contributed by atoms with Gasteiger partial charge in [0.1, 0.15) is 0 Å². The number of hydrogen-bond donors (Lipinski definition) is 1. The monoisotopic (exact) mass is 404 g/mol. The summed E-state index contributed by atoms with van der Waals surface area (Å²) in [5.41, 5.74) is 3.74. The minimum absolute atomic E-state index is 0.0239. The average Bonchev–Trinajstić information content (AvgIpc) is 3.30. The van der Waals surface area contributed by atoms with Crippen molar-refractivity contribution in [3.8, 4) is 0 Å². The van der Waals surface area contributed by atoms with Crippen LogP contribution in [0, 0.1) is 0 Å². The molecule has 1 aliphatic heterocycles. The SMILES string of the molecule is O=C(NC1CCN(C(=O)c2ccccc2Cc2ccccc2)CC1)c1ccsc1. The van der Waals surface area contributed by atoms with Gasteiger partial charge in [0.2, 0.25) is 0 Å². The molecule has 1 N–H and O–H groups in total. The third kappa shape index (κ3) is 4.74. The van der Waals surface area contributed by atoms with Gasteiger partial charge in [-0.3, -0.25) is 9.59 Å². The normalized spacial score (nSPS) is 14.6. The largest absolute Gasteiger partial charge is 0.349 e. The van der Waals surface area contributed by atoms with E-state index in [1.54, 1.807) is 0 Å². The number of amides is 2. The molecule has 1 saturated heterocycles. The molecule has 2 aromatic carbocycles. The zero-order chi connectivity index (χ0) is 20.1. The molecular formula is C24H24N2O2S. The van der Waals surface area contributed by atoms with Crippen LogP contribution in [-0.2, 0) is 6.42 Å². The van der Waals surface area contributed by atoms with Crippen molar-refractivity contribution in [3.63, 3.8) is 0 Å². The van der Waals surface area contributed by atoms with Crippen molar-refractivity contribution in [1.29, 1.82) is 0 Å². The van der Waals surface area contributed by atoms with Crippen molar-refractivity contribution in [2.45, 2.75) is 25.3 Å². The van der Waals surface area contributed by atoms with E-state index >= 15 is 0 Å². The standard InChI is InChI=1S/C24H24N2O2S/c27-23(20-12-15-29-17-20)25-21-10-13-26(14-11-21)24(28)22-9-5-4-8-19(22)16-18-6-2-1-3-7-18/h1-9,12,15,17,21H,10-11,13-14,16H2,(H,25,27). The molecule has 1 fully saturated rings. The summed E-state index contributed by atoms with van der Waals surface area (Å²) in [6.07, 6.45) is 2.31. The summed E-state index contributed by atoms with van der Waals surface area (Å²) in [4.78, 5) is 27.3. The summed E-state index contributed by atoms with van der Waals surface area (Å²) >= 11 is 1.52. The van der Waals surface area contributed by atoms with Crippen LogP contribution in [0.4, 0.5) is 0 Å². The van der Waals surface area contributed by atoms with Crippen molar-refractivity contribution in [2.24, 2.45) is 0 Å². The van der Waals surface area contributed by atoms with Crippen LogP contribution in [0.2, 0.25) is 0 Å². The molecule has 0 aliphatic carbocycles. The smallest absolute Gasteiger partial charge is 0.254 e. The maximum atomic E-state index is 13.2. The van der Waals surface area contributed by atoms with Gasteiger partial charge < -0.3 is 10.2 Å². The Morgan fingerprint density at radius 3 is 2.41 bits per heavy atom. The Morgan fingerprint density at radius 2 is 1.69 bits per heavy atom. The predicted molar refractivity (Wildman–Crippen MR) is 116 cm³/mol. The lowest BCUT2D eigenvalue weighted by Crippen LogP contribution is -2.46. The molecule has 0 spiro atoms. The molecule has 2 amide bonds. The topological polar surface area (TPSA) is 49.4 Å². The van der Waals surface area contributed by atoms with Gasteiger partial charge in [-0.25, -0.2) is 0 Å². The number of hydrogen-bond acceptors (Lipinski definition) is 3. The zero-order valence-corrected chi connectivity index (χ0v) is 17.0. The number of rotatable bonds is 5. The van der Waals surface area contributed by atoms with Crippen molar-refractivity contribution >= 4 is 23.2 Å². The van der Waals surface area contributed by atoms with Crippen molar-refractivity contribution in [3.05, 3.63) is 93.7 Å². The molecule has 4 nitrogen and oxygen atoms in total. The zero-order valence-electron chi connectivity index (χ0n) is 16.2. The van der Waals surface area contributed by atoms with E-state index in [9.17, 15) is 9.59 Å². The molecular weight excluding hydrogens is 380 g/mol. The predicted octanol–water partition coefficient (Wildman–Crippen LogP) is 4.37. The highest BCUT2D eigenvalue weighted by Crippen LogP contribution is 2.20. The molecule has 5 heteroatoms. The Hall–Kier alpha value is -2.92. The lowest BCUT2D eigenvalue weighted by atomic mass is 9.97. The number of carbonyl (C=O) groups excluding carboxylic acids is 2. The molecule has 0 bridgehead atoms. The highest BCUT2D eigenvalue weighted by atomic mass is 32.1. The van der Waals surface area contributed by atoms with E-state index in [1.807, 2.05) is 64.2 Å². The van der Waals surface area contributed by atoms with Gasteiger partial charge in [0, 0.05) is 35.6 Å². The number of thiophene rings is 1. The summed E-state index contributed by atoms with van der Waals surface area (Å²) in [5.74, 6) is 0.0587. The first-order valence-corrected chi connectivity index (χ1v) is 10.9. The molecule has 29 heavy (non-hydrogen) atoms. The second-order valence-corrected chi connectivity index (χ2v) is 8.15. The van der Waals surface area contributed by atoms with Gasteiger partial charge in [0.15, 0.2) is 0 Å². The third-order valence-electron chi connectivity index (χ3n) is 5.39. The molecule has 3 aromatic rings. The van der Waals surface area contributed by atoms with Gasteiger partial charge in [-0.15, -0.1) is 0 Å². The first-order valence-electron chi connectivity index (χ1n) is 9.95. The van der Waals surface area contributed by atoms with Crippen LogP contribution in [0.3, 0.4) is 0 Å². The Morgan fingerprint density at radius 1 is 0.966 bits per heavy atom. The van der Waals surface area contributed by atoms with E-state index < -0.39 is 0 Å². The summed E-state index contributed by atoms with van der Waals surface area (Å²) in [6.45, 7) is 1.32. The second-order valence-electron chi connectivity index (χ2n) is 7.37. The van der Waals surface area contributed by atoms with Crippen LogP contribution < -0.4 is 5.32 Å². The van der Waals surface area contributed by atoms with Crippen molar-refractivity contribution in [2.75, 3.05) is 13.1 Å². The summed E-state index contributed by atoms with van der Waals surface area (Å²) in [5, 5.41) is 6.86. The fraction of sp³-hybridized carbons (Fsp3) is 0.250. The quantitative estimate of drug-likeness (QED) is 0.686. The molecule has 4 rings (SSSR count). The summed E-state index contributed by atoms with van der Waals surface area (Å²) in [6, 6.07) is 20.0. The van der Waals surface area contributed by atoms with E-state index in [0.717, 1.165) is 30.4 Å². The average molecular weight is 405 g/mol. The maximum absolute atomic E-state index is 13.2. The minimum Gasteiger partial charge on any atom is -0.349 e. The van der Waals surface area contributed by atoms with Gasteiger partial charge in [-0.1, -0.05) is 48.5 Å². The van der Waals surface area contributed by atoms with Crippen LogP contribution in [0.15, 0.2) is 71.4 Å². The van der Waals surface area contributed by atoms with E-state index in [-0.39, 0.29) is 17.9 Å². The lowest BCUT2D eigenvalue weighted by molar-refractivity contribution is 0.0697.